The fraction of sp³-hybridized carbons (Fsp3) is 0.333. The average Bonchev–Trinajstić information content (AvgIpc) is 2.38. The van der Waals surface area contributed by atoms with Crippen LogP contribution in [0.15, 0.2) is 34.3 Å². The Hall–Kier alpha value is -1.49. The average molecular weight is 250 g/mol. The number of hydrazone groups is 1. The van der Waals surface area contributed by atoms with Crippen molar-refractivity contribution < 1.29 is 9.00 Å². The van der Waals surface area contributed by atoms with Crippen molar-refractivity contribution in [1.29, 1.82) is 0 Å². The maximum absolute atomic E-state index is 11.8. The maximum atomic E-state index is 11.8. The topological polar surface area (TPSA) is 58.5 Å². The fourth-order valence-electron chi connectivity index (χ4n) is 1.66. The van der Waals surface area contributed by atoms with Crippen molar-refractivity contribution in [2.75, 3.05) is 5.75 Å². The molecular formula is C12H14N2O2S. The predicted molar refractivity (Wildman–Crippen MR) is 67.3 cm³/mol. The van der Waals surface area contributed by atoms with Crippen LogP contribution < -0.4 is 5.43 Å². The molecule has 1 atom stereocenters. The first-order valence-corrected chi connectivity index (χ1v) is 6.87. The minimum Gasteiger partial charge on any atom is -0.273 e. The molecule has 0 saturated carbocycles. The van der Waals surface area contributed by atoms with Gasteiger partial charge in [-0.2, -0.15) is 5.10 Å². The zero-order chi connectivity index (χ0) is 12.3. The minimum atomic E-state index is -0.945. The van der Waals surface area contributed by atoms with Gasteiger partial charge in [0.1, 0.15) is 0 Å². The molecule has 0 saturated heterocycles. The van der Waals surface area contributed by atoms with Gasteiger partial charge in [0.2, 0.25) is 5.91 Å². The van der Waals surface area contributed by atoms with Crippen LogP contribution in [0.3, 0.4) is 0 Å². The van der Waals surface area contributed by atoms with Crippen LogP contribution in [-0.4, -0.2) is 21.6 Å². The molecule has 1 aromatic rings. The van der Waals surface area contributed by atoms with Crippen LogP contribution in [0.25, 0.3) is 0 Å². The van der Waals surface area contributed by atoms with Crippen LogP contribution in [0, 0.1) is 0 Å². The number of hydrogen-bond acceptors (Lipinski definition) is 3. The van der Waals surface area contributed by atoms with E-state index in [1.807, 2.05) is 24.3 Å². The monoisotopic (exact) mass is 250 g/mol. The van der Waals surface area contributed by atoms with E-state index in [1.165, 1.54) is 0 Å². The van der Waals surface area contributed by atoms with Crippen molar-refractivity contribution in [3.05, 3.63) is 29.8 Å². The van der Waals surface area contributed by atoms with Crippen LogP contribution in [0.2, 0.25) is 0 Å². The number of amides is 1. The minimum absolute atomic E-state index is 0.110. The Labute approximate surface area is 103 Å². The van der Waals surface area contributed by atoms with E-state index in [-0.39, 0.29) is 5.91 Å². The smallest absolute Gasteiger partial charge is 0.239 e. The molecule has 5 heteroatoms. The molecule has 0 aliphatic carbocycles. The molecule has 1 heterocycles. The quantitative estimate of drug-likeness (QED) is 0.807. The summed E-state index contributed by atoms with van der Waals surface area (Å²) in [6.45, 7) is 1.78. The van der Waals surface area contributed by atoms with Crippen molar-refractivity contribution in [1.82, 2.24) is 5.43 Å². The predicted octanol–water partition coefficient (Wildman–Crippen LogP) is 1.43. The molecule has 0 aromatic heterocycles. The summed E-state index contributed by atoms with van der Waals surface area (Å²) < 4.78 is 11.8. The third-order valence-corrected chi connectivity index (χ3v) is 4.03. The number of carbonyl (C=O) groups excluding carboxylic acids is 1. The summed E-state index contributed by atoms with van der Waals surface area (Å²) in [5, 5.41) is 4.11. The van der Waals surface area contributed by atoms with Crippen molar-refractivity contribution >= 4 is 22.4 Å². The van der Waals surface area contributed by atoms with Crippen LogP contribution in [0.4, 0.5) is 0 Å². The first-order chi connectivity index (χ1) is 8.22. The molecule has 1 aromatic carbocycles. The summed E-state index contributed by atoms with van der Waals surface area (Å²) in [5.41, 5.74) is 4.20. The third-order valence-electron chi connectivity index (χ3n) is 2.60. The molecule has 0 bridgehead atoms. The Morgan fingerprint density at radius 3 is 3.00 bits per heavy atom. The summed E-state index contributed by atoms with van der Waals surface area (Å²) in [5.74, 6) is 0.458. The van der Waals surface area contributed by atoms with Gasteiger partial charge in [0, 0.05) is 29.1 Å². The van der Waals surface area contributed by atoms with Crippen LogP contribution in [0.1, 0.15) is 25.3 Å². The van der Waals surface area contributed by atoms with Gasteiger partial charge in [-0.15, -0.1) is 0 Å². The third kappa shape index (κ3) is 2.61. The lowest BCUT2D eigenvalue weighted by atomic mass is 10.1. The second-order valence-electron chi connectivity index (χ2n) is 3.74. The SMILES string of the molecule is CCC(=O)N/N=C1\CCS(=O)c2ccccc21. The van der Waals surface area contributed by atoms with E-state index in [4.69, 9.17) is 0 Å². The molecule has 0 radical (unpaired) electrons. The Balaban J connectivity index is 2.30. The number of rotatable bonds is 2. The molecule has 1 aliphatic heterocycles. The first-order valence-electron chi connectivity index (χ1n) is 5.55. The fourth-order valence-corrected chi connectivity index (χ4v) is 2.92. The molecule has 1 aliphatic rings. The Morgan fingerprint density at radius 2 is 2.24 bits per heavy atom. The Bertz CT molecular complexity index is 497. The lowest BCUT2D eigenvalue weighted by Crippen LogP contribution is -2.23. The molecule has 90 valence electrons. The zero-order valence-electron chi connectivity index (χ0n) is 9.60. The van der Waals surface area contributed by atoms with E-state index in [0.717, 1.165) is 16.2 Å². The van der Waals surface area contributed by atoms with Crippen LogP contribution in [-0.2, 0) is 15.6 Å². The van der Waals surface area contributed by atoms with Crippen molar-refractivity contribution in [3.8, 4) is 0 Å². The Kier molecular flexibility index (Phi) is 3.68. The summed E-state index contributed by atoms with van der Waals surface area (Å²) in [6, 6.07) is 7.49. The van der Waals surface area contributed by atoms with E-state index in [9.17, 15) is 9.00 Å². The van der Waals surface area contributed by atoms with E-state index in [2.05, 4.69) is 10.5 Å². The normalized spacial score (nSPS) is 21.0. The number of benzene rings is 1. The van der Waals surface area contributed by atoms with Gasteiger partial charge < -0.3 is 0 Å². The van der Waals surface area contributed by atoms with E-state index >= 15 is 0 Å². The van der Waals surface area contributed by atoms with Gasteiger partial charge in [-0.3, -0.25) is 9.00 Å². The highest BCUT2D eigenvalue weighted by atomic mass is 32.2. The highest BCUT2D eigenvalue weighted by molar-refractivity contribution is 7.85. The summed E-state index contributed by atoms with van der Waals surface area (Å²) in [6.07, 6.45) is 1.04. The summed E-state index contributed by atoms with van der Waals surface area (Å²) >= 11 is 0. The standard InChI is InChI=1S/C12H14N2O2S/c1-2-12(15)14-13-10-7-8-17(16)11-6-4-3-5-9(10)11/h3-6H,2,7-8H2,1H3,(H,14,15)/b13-10+. The van der Waals surface area contributed by atoms with Gasteiger partial charge >= 0.3 is 0 Å². The lowest BCUT2D eigenvalue weighted by Gasteiger charge is -2.16. The first kappa shape index (κ1) is 12.0. The number of hydrogen-bond donors (Lipinski definition) is 1. The van der Waals surface area contributed by atoms with Crippen molar-refractivity contribution in [2.24, 2.45) is 5.10 Å². The van der Waals surface area contributed by atoms with Gasteiger partial charge in [0.15, 0.2) is 0 Å². The Morgan fingerprint density at radius 1 is 1.47 bits per heavy atom. The maximum Gasteiger partial charge on any atom is 0.239 e. The molecule has 1 N–H and O–H groups in total. The van der Waals surface area contributed by atoms with Crippen LogP contribution >= 0.6 is 0 Å². The highest BCUT2D eigenvalue weighted by Crippen LogP contribution is 2.21. The largest absolute Gasteiger partial charge is 0.273 e. The second-order valence-corrected chi connectivity index (χ2v) is 5.28. The molecule has 2 rings (SSSR count). The molecule has 0 fully saturated rings. The van der Waals surface area contributed by atoms with E-state index < -0.39 is 10.8 Å². The highest BCUT2D eigenvalue weighted by Gasteiger charge is 2.20. The summed E-state index contributed by atoms with van der Waals surface area (Å²) in [7, 11) is -0.945. The number of carbonyl (C=O) groups is 1. The molecule has 0 spiro atoms. The van der Waals surface area contributed by atoms with Crippen molar-refractivity contribution in [3.63, 3.8) is 0 Å². The number of nitrogens with one attached hydrogen (secondary N) is 1. The molecule has 4 nitrogen and oxygen atoms in total. The van der Waals surface area contributed by atoms with Gasteiger partial charge in [-0.25, -0.2) is 5.43 Å². The van der Waals surface area contributed by atoms with Crippen molar-refractivity contribution in [2.45, 2.75) is 24.7 Å². The molecule has 17 heavy (non-hydrogen) atoms. The van der Waals surface area contributed by atoms with Gasteiger partial charge in [0.25, 0.3) is 0 Å². The molecular weight excluding hydrogens is 236 g/mol. The number of fused-ring (bicyclic) bond motifs is 1. The van der Waals surface area contributed by atoms with E-state index in [1.54, 1.807) is 6.92 Å². The van der Waals surface area contributed by atoms with Gasteiger partial charge in [0.05, 0.1) is 16.5 Å². The van der Waals surface area contributed by atoms with Gasteiger partial charge in [-0.1, -0.05) is 25.1 Å². The van der Waals surface area contributed by atoms with Crippen LogP contribution in [0.5, 0.6) is 0 Å². The zero-order valence-corrected chi connectivity index (χ0v) is 10.4. The van der Waals surface area contributed by atoms with E-state index in [0.29, 0.717) is 18.6 Å². The van der Waals surface area contributed by atoms with Gasteiger partial charge in [-0.05, 0) is 6.07 Å². The molecule has 1 amide bonds. The number of nitrogens with zero attached hydrogens (tertiary/aromatic N) is 1. The lowest BCUT2D eigenvalue weighted by molar-refractivity contribution is -0.120. The molecule has 1 unspecified atom stereocenters. The second kappa shape index (κ2) is 5.23. The summed E-state index contributed by atoms with van der Waals surface area (Å²) in [4.78, 5) is 12.0.